The van der Waals surface area contributed by atoms with Crippen molar-refractivity contribution in [3.05, 3.63) is 53.1 Å². The lowest BCUT2D eigenvalue weighted by molar-refractivity contribution is 0.354. The van der Waals surface area contributed by atoms with E-state index >= 15 is 0 Å². The van der Waals surface area contributed by atoms with E-state index in [0.717, 1.165) is 30.8 Å². The number of ether oxygens (including phenoxy) is 2. The van der Waals surface area contributed by atoms with E-state index in [4.69, 9.17) is 9.47 Å². The summed E-state index contributed by atoms with van der Waals surface area (Å²) in [7, 11) is 3.35. The minimum absolute atomic E-state index is 0.317. The molecule has 1 N–H and O–H groups in total. The van der Waals surface area contributed by atoms with E-state index in [1.807, 2.05) is 12.1 Å². The fourth-order valence-corrected chi connectivity index (χ4v) is 3.15. The zero-order chi connectivity index (χ0) is 14.8. The first-order chi connectivity index (χ1) is 10.2. The molecule has 0 saturated heterocycles. The Bertz CT molecular complexity index is 632. The van der Waals surface area contributed by atoms with Crippen LogP contribution in [0.4, 0.5) is 0 Å². The average molecular weight is 284 g/mol. The van der Waals surface area contributed by atoms with Crippen LogP contribution in [0.3, 0.4) is 0 Å². The first-order valence-electron chi connectivity index (χ1n) is 7.24. The van der Waals surface area contributed by atoms with Gasteiger partial charge in [0.1, 0.15) is 5.75 Å². The predicted molar refractivity (Wildman–Crippen MR) is 82.4 cm³/mol. The third-order valence-electron chi connectivity index (χ3n) is 4.27. The minimum atomic E-state index is 0.317. The summed E-state index contributed by atoms with van der Waals surface area (Å²) in [6.45, 7) is 0. The van der Waals surface area contributed by atoms with Gasteiger partial charge in [-0.1, -0.05) is 12.1 Å². The van der Waals surface area contributed by atoms with Crippen LogP contribution < -0.4 is 9.47 Å². The summed E-state index contributed by atoms with van der Waals surface area (Å²) in [5, 5.41) is 9.37. The van der Waals surface area contributed by atoms with Crippen LogP contribution in [-0.2, 0) is 12.8 Å². The second kappa shape index (κ2) is 5.68. The van der Waals surface area contributed by atoms with Gasteiger partial charge in [-0.15, -0.1) is 0 Å². The van der Waals surface area contributed by atoms with Crippen molar-refractivity contribution >= 4 is 0 Å². The smallest absolute Gasteiger partial charge is 0.161 e. The third kappa shape index (κ3) is 2.68. The Kier molecular flexibility index (Phi) is 3.74. The molecule has 3 nitrogen and oxygen atoms in total. The van der Waals surface area contributed by atoms with Crippen LogP contribution in [-0.4, -0.2) is 19.3 Å². The van der Waals surface area contributed by atoms with Crippen molar-refractivity contribution in [1.29, 1.82) is 0 Å². The van der Waals surface area contributed by atoms with Crippen molar-refractivity contribution in [3.8, 4) is 17.2 Å². The van der Waals surface area contributed by atoms with E-state index in [9.17, 15) is 5.11 Å². The van der Waals surface area contributed by atoms with E-state index in [0.29, 0.717) is 11.7 Å². The molecule has 0 radical (unpaired) electrons. The Morgan fingerprint density at radius 3 is 2.38 bits per heavy atom. The molecule has 3 heteroatoms. The summed E-state index contributed by atoms with van der Waals surface area (Å²) in [5.74, 6) is 2.43. The van der Waals surface area contributed by atoms with E-state index in [1.165, 1.54) is 16.7 Å². The van der Waals surface area contributed by atoms with Crippen molar-refractivity contribution in [3.63, 3.8) is 0 Å². The summed E-state index contributed by atoms with van der Waals surface area (Å²) in [4.78, 5) is 0. The molecule has 0 heterocycles. The molecule has 0 amide bonds. The molecule has 2 aromatic carbocycles. The van der Waals surface area contributed by atoms with Gasteiger partial charge in [0, 0.05) is 0 Å². The Balaban J connectivity index is 1.87. The van der Waals surface area contributed by atoms with Gasteiger partial charge in [0.2, 0.25) is 0 Å². The Hall–Kier alpha value is -2.16. The summed E-state index contributed by atoms with van der Waals surface area (Å²) >= 11 is 0. The largest absolute Gasteiger partial charge is 0.508 e. The minimum Gasteiger partial charge on any atom is -0.508 e. The van der Waals surface area contributed by atoms with Gasteiger partial charge in [-0.25, -0.2) is 0 Å². The molecular weight excluding hydrogens is 264 g/mol. The maximum absolute atomic E-state index is 9.37. The van der Waals surface area contributed by atoms with Gasteiger partial charge in [-0.2, -0.15) is 0 Å². The second-order valence-electron chi connectivity index (χ2n) is 5.51. The van der Waals surface area contributed by atoms with Crippen molar-refractivity contribution in [1.82, 2.24) is 0 Å². The van der Waals surface area contributed by atoms with Gasteiger partial charge in [0.05, 0.1) is 14.2 Å². The molecule has 1 aliphatic rings. The highest BCUT2D eigenvalue weighted by atomic mass is 16.5. The molecule has 0 aliphatic heterocycles. The zero-order valence-electron chi connectivity index (χ0n) is 12.4. The summed E-state index contributed by atoms with van der Waals surface area (Å²) in [6.07, 6.45) is 3.22. The van der Waals surface area contributed by atoms with Crippen molar-refractivity contribution in [2.75, 3.05) is 14.2 Å². The van der Waals surface area contributed by atoms with E-state index in [-0.39, 0.29) is 0 Å². The molecule has 0 aromatic heterocycles. The molecule has 2 aromatic rings. The highest BCUT2D eigenvalue weighted by molar-refractivity contribution is 5.50. The first kappa shape index (κ1) is 13.8. The number of hydrogen-bond acceptors (Lipinski definition) is 3. The van der Waals surface area contributed by atoms with Crippen molar-refractivity contribution in [2.24, 2.45) is 0 Å². The molecule has 0 fully saturated rings. The van der Waals surface area contributed by atoms with Gasteiger partial charge >= 0.3 is 0 Å². The number of aryl methyl sites for hydroxylation is 1. The maximum atomic E-state index is 9.37. The molecule has 0 spiro atoms. The topological polar surface area (TPSA) is 38.7 Å². The molecule has 1 aliphatic carbocycles. The van der Waals surface area contributed by atoms with Crippen LogP contribution in [0, 0.1) is 0 Å². The molecule has 1 atom stereocenters. The zero-order valence-corrected chi connectivity index (χ0v) is 12.4. The fourth-order valence-electron chi connectivity index (χ4n) is 3.15. The van der Waals surface area contributed by atoms with Crippen LogP contribution in [0.1, 0.15) is 29.0 Å². The van der Waals surface area contributed by atoms with Crippen molar-refractivity contribution in [2.45, 2.75) is 25.2 Å². The Labute approximate surface area is 125 Å². The molecule has 3 rings (SSSR count). The highest BCUT2D eigenvalue weighted by Gasteiger charge is 2.25. The number of aromatic hydroxyl groups is 1. The summed E-state index contributed by atoms with van der Waals surface area (Å²) < 4.78 is 10.8. The van der Waals surface area contributed by atoms with Gasteiger partial charge in [0.25, 0.3) is 0 Å². The molecule has 110 valence electrons. The number of phenols is 1. The maximum Gasteiger partial charge on any atom is 0.161 e. The number of fused-ring (bicyclic) bond motifs is 1. The van der Waals surface area contributed by atoms with Gasteiger partial charge < -0.3 is 14.6 Å². The van der Waals surface area contributed by atoms with Crippen LogP contribution >= 0.6 is 0 Å². The highest BCUT2D eigenvalue weighted by Crippen LogP contribution is 2.41. The monoisotopic (exact) mass is 284 g/mol. The predicted octanol–water partition coefficient (Wildman–Crippen LogP) is 3.68. The van der Waals surface area contributed by atoms with Crippen LogP contribution in [0.15, 0.2) is 36.4 Å². The lowest BCUT2D eigenvalue weighted by Gasteiger charge is -2.15. The fraction of sp³-hybridized carbons (Fsp3) is 0.333. The van der Waals surface area contributed by atoms with Crippen LogP contribution in [0.5, 0.6) is 17.2 Å². The SMILES string of the molecule is COc1cc2c(cc1OC)[C@@H](Cc1ccc(O)cc1)CC2. The van der Waals surface area contributed by atoms with Gasteiger partial charge in [-0.05, 0) is 66.1 Å². The molecule has 21 heavy (non-hydrogen) atoms. The molecular formula is C18H20O3. The second-order valence-corrected chi connectivity index (χ2v) is 5.51. The van der Waals surface area contributed by atoms with Crippen LogP contribution in [0.2, 0.25) is 0 Å². The summed E-state index contributed by atoms with van der Waals surface area (Å²) in [6, 6.07) is 11.7. The van der Waals surface area contributed by atoms with Crippen LogP contribution in [0.25, 0.3) is 0 Å². The number of benzene rings is 2. The summed E-state index contributed by atoms with van der Waals surface area (Å²) in [5.41, 5.74) is 3.97. The number of hydrogen-bond donors (Lipinski definition) is 1. The quantitative estimate of drug-likeness (QED) is 0.930. The van der Waals surface area contributed by atoms with Gasteiger partial charge in [-0.3, -0.25) is 0 Å². The lowest BCUT2D eigenvalue weighted by atomic mass is 9.93. The first-order valence-corrected chi connectivity index (χ1v) is 7.24. The van der Waals surface area contributed by atoms with E-state index < -0.39 is 0 Å². The number of phenolic OH excluding ortho intramolecular Hbond substituents is 1. The third-order valence-corrected chi connectivity index (χ3v) is 4.27. The molecule has 0 saturated carbocycles. The lowest BCUT2D eigenvalue weighted by Crippen LogP contribution is -2.00. The van der Waals surface area contributed by atoms with Gasteiger partial charge in [0.15, 0.2) is 11.5 Å². The Morgan fingerprint density at radius 1 is 1.05 bits per heavy atom. The number of methoxy groups -OCH3 is 2. The van der Waals surface area contributed by atoms with Crippen molar-refractivity contribution < 1.29 is 14.6 Å². The van der Waals surface area contributed by atoms with E-state index in [1.54, 1.807) is 26.4 Å². The average Bonchev–Trinajstić information content (AvgIpc) is 2.90. The standard InChI is InChI=1S/C18H20O3/c1-20-17-10-14-6-5-13(16(14)11-18(17)21-2)9-12-3-7-15(19)8-4-12/h3-4,7-8,10-11,13,19H,5-6,9H2,1-2H3/t13-/m1/s1. The molecule has 0 bridgehead atoms. The molecule has 0 unspecified atom stereocenters. The Morgan fingerprint density at radius 2 is 1.71 bits per heavy atom. The normalized spacial score (nSPS) is 16.6. The number of rotatable bonds is 4. The van der Waals surface area contributed by atoms with E-state index in [2.05, 4.69) is 12.1 Å².